The van der Waals surface area contributed by atoms with Gasteiger partial charge in [0.1, 0.15) is 11.9 Å². The summed E-state index contributed by atoms with van der Waals surface area (Å²) in [6, 6.07) is 1.65. The molecule has 1 aromatic rings. The Labute approximate surface area is 147 Å². The first-order valence-corrected chi connectivity index (χ1v) is 8.75. The van der Waals surface area contributed by atoms with Gasteiger partial charge in [-0.15, -0.1) is 0 Å². The quantitative estimate of drug-likeness (QED) is 0.435. The number of aromatic nitrogens is 1. The van der Waals surface area contributed by atoms with E-state index in [1.807, 2.05) is 6.92 Å². The zero-order valence-corrected chi connectivity index (χ0v) is 14.7. The second-order valence-electron chi connectivity index (χ2n) is 6.09. The van der Waals surface area contributed by atoms with Gasteiger partial charge in [0.25, 0.3) is 0 Å². The maximum atomic E-state index is 11.8. The lowest BCUT2D eigenvalue weighted by atomic mass is 9.86. The summed E-state index contributed by atoms with van der Waals surface area (Å²) >= 11 is 0. The van der Waals surface area contributed by atoms with Crippen LogP contribution in [0.25, 0.3) is 0 Å². The number of carbonyl (C=O) groups excluding carboxylic acids is 1. The van der Waals surface area contributed by atoms with Crippen LogP contribution in [0, 0.1) is 16.0 Å². The van der Waals surface area contributed by atoms with Gasteiger partial charge in [0, 0.05) is 12.1 Å². The molecule has 0 atom stereocenters. The predicted molar refractivity (Wildman–Crippen MR) is 92.7 cm³/mol. The van der Waals surface area contributed by atoms with E-state index in [0.29, 0.717) is 37.6 Å². The van der Waals surface area contributed by atoms with E-state index in [1.165, 1.54) is 6.20 Å². The summed E-state index contributed by atoms with van der Waals surface area (Å²) in [6.45, 7) is 4.67. The molecule has 25 heavy (non-hydrogen) atoms. The number of nitro groups is 1. The van der Waals surface area contributed by atoms with Gasteiger partial charge in [-0.25, -0.2) is 4.98 Å². The molecule has 0 radical (unpaired) electrons. The molecule has 0 aliphatic heterocycles. The van der Waals surface area contributed by atoms with E-state index >= 15 is 0 Å². The van der Waals surface area contributed by atoms with Gasteiger partial charge in [0.05, 0.1) is 24.1 Å². The summed E-state index contributed by atoms with van der Waals surface area (Å²) in [7, 11) is 0. The Morgan fingerprint density at radius 1 is 1.36 bits per heavy atom. The van der Waals surface area contributed by atoms with E-state index in [4.69, 9.17) is 9.47 Å². The summed E-state index contributed by atoms with van der Waals surface area (Å²) < 4.78 is 10.5. The highest BCUT2D eigenvalue weighted by Crippen LogP contribution is 2.32. The molecule has 1 fully saturated rings. The number of pyridine rings is 1. The summed E-state index contributed by atoms with van der Waals surface area (Å²) in [5.41, 5.74) is 0.335. The van der Waals surface area contributed by atoms with Crippen LogP contribution in [0.3, 0.4) is 0 Å². The zero-order chi connectivity index (χ0) is 18.2. The van der Waals surface area contributed by atoms with Gasteiger partial charge in [-0.05, 0) is 39.0 Å². The minimum Gasteiger partial charge on any atom is -0.478 e. The fraction of sp³-hybridized carbons (Fsp3) is 0.647. The molecular formula is C17H25N3O5. The first-order valence-electron chi connectivity index (χ1n) is 8.75. The normalized spacial score (nSPS) is 19.9. The zero-order valence-electron chi connectivity index (χ0n) is 14.7. The van der Waals surface area contributed by atoms with Crippen LogP contribution in [0.2, 0.25) is 0 Å². The Morgan fingerprint density at radius 2 is 2.08 bits per heavy atom. The van der Waals surface area contributed by atoms with E-state index in [2.05, 4.69) is 10.3 Å². The van der Waals surface area contributed by atoms with Crippen LogP contribution in [0.15, 0.2) is 12.3 Å². The molecule has 2 rings (SSSR count). The van der Waals surface area contributed by atoms with Crippen molar-refractivity contribution in [1.82, 2.24) is 4.98 Å². The van der Waals surface area contributed by atoms with Crippen molar-refractivity contribution < 1.29 is 19.2 Å². The van der Waals surface area contributed by atoms with Crippen molar-refractivity contribution in [2.45, 2.75) is 52.0 Å². The molecule has 1 aliphatic rings. The van der Waals surface area contributed by atoms with Crippen LogP contribution >= 0.6 is 0 Å². The lowest BCUT2D eigenvalue weighted by Crippen LogP contribution is -2.30. The molecule has 138 valence electrons. The van der Waals surface area contributed by atoms with Crippen molar-refractivity contribution in [3.05, 3.63) is 22.4 Å². The number of anilines is 1. The molecule has 1 heterocycles. The standard InChI is InChI=1S/C17H25N3O5/c1-3-9-25-16-10-14(15(11-18-16)20(22)23)19-13-7-5-12(6-8-13)17(21)24-4-2/h10-13H,3-9H2,1-2H3,(H,18,19)/t12-,13+. The molecule has 8 heteroatoms. The third-order valence-electron chi connectivity index (χ3n) is 4.22. The van der Waals surface area contributed by atoms with Crippen molar-refractivity contribution in [3.8, 4) is 5.88 Å². The van der Waals surface area contributed by atoms with Gasteiger partial charge in [0.15, 0.2) is 0 Å². The second-order valence-corrected chi connectivity index (χ2v) is 6.09. The Kier molecular flexibility index (Phi) is 6.97. The summed E-state index contributed by atoms with van der Waals surface area (Å²) in [6.07, 6.45) is 5.00. The van der Waals surface area contributed by atoms with Gasteiger partial charge in [-0.1, -0.05) is 6.92 Å². The highest BCUT2D eigenvalue weighted by molar-refractivity contribution is 5.72. The van der Waals surface area contributed by atoms with Crippen molar-refractivity contribution in [2.75, 3.05) is 18.5 Å². The first-order chi connectivity index (χ1) is 12.0. The molecule has 0 spiro atoms. The lowest BCUT2D eigenvalue weighted by Gasteiger charge is -2.28. The largest absolute Gasteiger partial charge is 0.478 e. The van der Waals surface area contributed by atoms with Crippen molar-refractivity contribution in [1.29, 1.82) is 0 Å². The van der Waals surface area contributed by atoms with Crippen LogP contribution in [-0.4, -0.2) is 35.1 Å². The molecule has 8 nitrogen and oxygen atoms in total. The Bertz CT molecular complexity index is 600. The molecular weight excluding hydrogens is 326 g/mol. The van der Waals surface area contributed by atoms with E-state index in [0.717, 1.165) is 19.3 Å². The number of hydrogen-bond donors (Lipinski definition) is 1. The predicted octanol–water partition coefficient (Wildman–Crippen LogP) is 3.31. The fourth-order valence-electron chi connectivity index (χ4n) is 2.93. The summed E-state index contributed by atoms with van der Waals surface area (Å²) in [5, 5.41) is 14.5. The number of nitrogens with zero attached hydrogens (tertiary/aromatic N) is 2. The number of carbonyl (C=O) groups is 1. The molecule has 1 aromatic heterocycles. The molecule has 1 N–H and O–H groups in total. The first kappa shape index (κ1) is 19.0. The molecule has 0 aromatic carbocycles. The second kappa shape index (κ2) is 9.19. The van der Waals surface area contributed by atoms with E-state index in [-0.39, 0.29) is 23.6 Å². The molecule has 0 unspecified atom stereocenters. The van der Waals surface area contributed by atoms with E-state index < -0.39 is 4.92 Å². The van der Waals surface area contributed by atoms with Crippen LogP contribution in [0.5, 0.6) is 5.88 Å². The van der Waals surface area contributed by atoms with Crippen molar-refractivity contribution in [3.63, 3.8) is 0 Å². The minimum atomic E-state index is -0.455. The smallest absolute Gasteiger partial charge is 0.310 e. The van der Waals surface area contributed by atoms with Crippen molar-refractivity contribution in [2.24, 2.45) is 5.92 Å². The summed E-state index contributed by atoms with van der Waals surface area (Å²) in [5.74, 6) is 0.148. The van der Waals surface area contributed by atoms with Gasteiger partial charge >= 0.3 is 11.7 Å². The number of ether oxygens (including phenoxy) is 2. The monoisotopic (exact) mass is 351 g/mol. The van der Waals surface area contributed by atoms with Crippen LogP contribution in [-0.2, 0) is 9.53 Å². The highest BCUT2D eigenvalue weighted by atomic mass is 16.6. The third kappa shape index (κ3) is 5.30. The number of nitrogens with one attached hydrogen (secondary N) is 1. The Balaban J connectivity index is 2.01. The minimum absolute atomic E-state index is 0.0728. The van der Waals surface area contributed by atoms with Gasteiger partial charge in [0.2, 0.25) is 5.88 Å². The van der Waals surface area contributed by atoms with Crippen LogP contribution < -0.4 is 10.1 Å². The molecule has 0 saturated heterocycles. The van der Waals surface area contributed by atoms with Crippen molar-refractivity contribution >= 4 is 17.3 Å². The molecule has 1 saturated carbocycles. The van der Waals surface area contributed by atoms with E-state index in [9.17, 15) is 14.9 Å². The molecule has 0 amide bonds. The molecule has 1 aliphatic carbocycles. The third-order valence-corrected chi connectivity index (χ3v) is 4.22. The fourth-order valence-corrected chi connectivity index (χ4v) is 2.93. The Morgan fingerprint density at radius 3 is 2.68 bits per heavy atom. The summed E-state index contributed by atoms with van der Waals surface area (Å²) in [4.78, 5) is 26.5. The average Bonchev–Trinajstić information content (AvgIpc) is 2.60. The Hall–Kier alpha value is -2.38. The van der Waals surface area contributed by atoms with Crippen LogP contribution in [0.1, 0.15) is 46.0 Å². The number of rotatable bonds is 8. The maximum Gasteiger partial charge on any atom is 0.310 e. The van der Waals surface area contributed by atoms with Gasteiger partial charge < -0.3 is 14.8 Å². The topological polar surface area (TPSA) is 104 Å². The van der Waals surface area contributed by atoms with E-state index in [1.54, 1.807) is 13.0 Å². The lowest BCUT2D eigenvalue weighted by molar-refractivity contribution is -0.384. The highest BCUT2D eigenvalue weighted by Gasteiger charge is 2.28. The number of esters is 1. The average molecular weight is 351 g/mol. The number of hydrogen-bond acceptors (Lipinski definition) is 7. The molecule has 0 bridgehead atoms. The van der Waals surface area contributed by atoms with Gasteiger partial charge in [-0.2, -0.15) is 0 Å². The SMILES string of the molecule is CCCOc1cc(N[C@H]2CC[C@@H](C(=O)OCC)CC2)c([N+](=O)[O-])cn1. The van der Waals surface area contributed by atoms with Gasteiger partial charge in [-0.3, -0.25) is 14.9 Å². The van der Waals surface area contributed by atoms with Crippen LogP contribution in [0.4, 0.5) is 11.4 Å². The maximum absolute atomic E-state index is 11.8.